The van der Waals surface area contributed by atoms with Crippen molar-refractivity contribution in [2.75, 3.05) is 21.2 Å². The first-order valence-corrected chi connectivity index (χ1v) is 3.83. The molecule has 0 saturated heterocycles. The molecule has 0 aliphatic rings. The fourth-order valence-electron chi connectivity index (χ4n) is 0.960. The average molecular weight is 210 g/mol. The van der Waals surface area contributed by atoms with Crippen LogP contribution in [-0.4, -0.2) is 54.4 Å². The lowest BCUT2D eigenvalue weighted by atomic mass is 10.1. The van der Waals surface area contributed by atoms with Gasteiger partial charge in [-0.2, -0.15) is 8.78 Å². The van der Waals surface area contributed by atoms with Crippen molar-refractivity contribution < 1.29 is 28.3 Å². The van der Waals surface area contributed by atoms with Crippen LogP contribution < -0.4 is 0 Å². The van der Waals surface area contributed by atoms with E-state index in [-0.39, 0.29) is 5.57 Å². The van der Waals surface area contributed by atoms with Crippen molar-refractivity contribution >= 4 is 5.71 Å². The van der Waals surface area contributed by atoms with E-state index in [1.54, 1.807) is 0 Å². The summed E-state index contributed by atoms with van der Waals surface area (Å²) in [5, 5.41) is 17.7. The maximum atomic E-state index is 12.5. The fourth-order valence-corrected chi connectivity index (χ4v) is 0.960. The quantitative estimate of drug-likeness (QED) is 0.292. The van der Waals surface area contributed by atoms with E-state index in [1.165, 1.54) is 21.2 Å². The molecule has 0 spiro atoms. The van der Waals surface area contributed by atoms with Crippen molar-refractivity contribution in [1.29, 1.82) is 0 Å². The molecule has 0 saturated carbocycles. The average Bonchev–Trinajstić information content (AvgIpc) is 2.01. The Kier molecular flexibility index (Phi) is 5.26. The summed E-state index contributed by atoms with van der Waals surface area (Å²) in [7, 11) is 4.00. The van der Waals surface area contributed by atoms with Crippen LogP contribution in [0.3, 0.4) is 0 Å². The molecular weight excluding hydrogens is 196 g/mol. The predicted molar refractivity (Wildman–Crippen MR) is 46.4 cm³/mol. The molecule has 0 aromatic rings. The molecule has 0 bridgehead atoms. The van der Waals surface area contributed by atoms with Gasteiger partial charge in [0.2, 0.25) is 0 Å². The lowest BCUT2D eigenvalue weighted by Gasteiger charge is -2.09. The largest absolute Gasteiger partial charge is 0.504 e. The summed E-state index contributed by atoms with van der Waals surface area (Å²) in [4.78, 5) is 0. The molecule has 0 unspecified atom stereocenters. The van der Waals surface area contributed by atoms with Gasteiger partial charge in [0.1, 0.15) is 19.7 Å². The minimum Gasteiger partial charge on any atom is -0.504 e. The molecule has 0 aliphatic carbocycles. The molecule has 0 aliphatic heterocycles. The molecule has 0 radical (unpaired) electrons. The second-order valence-electron chi connectivity index (χ2n) is 2.76. The predicted octanol–water partition coefficient (Wildman–Crippen LogP) is -0.194. The highest BCUT2D eigenvalue weighted by atomic mass is 19.3. The molecule has 0 atom stereocenters. The van der Waals surface area contributed by atoms with E-state index in [9.17, 15) is 8.78 Å². The summed E-state index contributed by atoms with van der Waals surface area (Å²) < 4.78 is 30.6. The first-order chi connectivity index (χ1) is 6.41. The Balaban J connectivity index is 5.17. The standard InChI is InChI=1S/C8H14F2NO3/c1-11(2)6(7(9)10)5(4-14-3)8(12)13/h4,7-8,12-13H,1-3H3/q+1/b5-4-. The van der Waals surface area contributed by atoms with Gasteiger partial charge in [-0.25, -0.2) is 4.58 Å². The van der Waals surface area contributed by atoms with Crippen molar-refractivity contribution in [3.63, 3.8) is 0 Å². The van der Waals surface area contributed by atoms with Crippen LogP contribution in [0, 0.1) is 0 Å². The van der Waals surface area contributed by atoms with Gasteiger partial charge in [-0.3, -0.25) is 0 Å². The summed E-state index contributed by atoms with van der Waals surface area (Å²) in [5.41, 5.74) is -0.839. The van der Waals surface area contributed by atoms with E-state index in [0.29, 0.717) is 0 Å². The first-order valence-electron chi connectivity index (χ1n) is 3.83. The van der Waals surface area contributed by atoms with Gasteiger partial charge in [-0.15, -0.1) is 0 Å². The van der Waals surface area contributed by atoms with Crippen LogP contribution in [0.2, 0.25) is 0 Å². The van der Waals surface area contributed by atoms with Crippen molar-refractivity contribution in [3.8, 4) is 0 Å². The molecule has 0 fully saturated rings. The second-order valence-corrected chi connectivity index (χ2v) is 2.76. The number of nitrogens with zero attached hydrogens (tertiary/aromatic N) is 1. The number of halogens is 2. The minimum absolute atomic E-state index is 0.354. The van der Waals surface area contributed by atoms with E-state index >= 15 is 0 Å². The number of alkyl halides is 2. The van der Waals surface area contributed by atoms with Crippen molar-refractivity contribution in [2.45, 2.75) is 12.7 Å². The van der Waals surface area contributed by atoms with E-state index in [1.807, 2.05) is 0 Å². The Hall–Kier alpha value is -1.01. The fraction of sp³-hybridized carbons (Fsp3) is 0.625. The van der Waals surface area contributed by atoms with Crippen LogP contribution in [-0.2, 0) is 4.74 Å². The third-order valence-electron chi connectivity index (χ3n) is 1.51. The summed E-state index contributed by atoms with van der Waals surface area (Å²) in [6.45, 7) is 0. The normalized spacial score (nSPS) is 12.2. The van der Waals surface area contributed by atoms with Crippen LogP contribution >= 0.6 is 0 Å². The van der Waals surface area contributed by atoms with E-state index in [0.717, 1.165) is 10.8 Å². The lowest BCUT2D eigenvalue weighted by molar-refractivity contribution is -0.468. The zero-order valence-electron chi connectivity index (χ0n) is 8.24. The van der Waals surface area contributed by atoms with Crippen molar-refractivity contribution in [3.05, 3.63) is 11.8 Å². The molecule has 0 heterocycles. The SMILES string of the molecule is CO/C=C(/C(C(F)F)=[N+](C)C)C(O)O. The Labute approximate surface area is 80.7 Å². The maximum absolute atomic E-state index is 12.5. The van der Waals surface area contributed by atoms with Gasteiger partial charge in [-0.05, 0) is 0 Å². The highest BCUT2D eigenvalue weighted by Crippen LogP contribution is 2.10. The van der Waals surface area contributed by atoms with Crippen molar-refractivity contribution in [2.24, 2.45) is 0 Å². The molecule has 82 valence electrons. The van der Waals surface area contributed by atoms with Gasteiger partial charge in [0.25, 0.3) is 5.71 Å². The monoisotopic (exact) mass is 210 g/mol. The maximum Gasteiger partial charge on any atom is 0.321 e. The Morgan fingerprint density at radius 2 is 1.86 bits per heavy atom. The molecule has 0 aromatic heterocycles. The number of aliphatic hydroxyl groups is 2. The topological polar surface area (TPSA) is 52.7 Å². The smallest absolute Gasteiger partial charge is 0.321 e. The summed E-state index contributed by atoms with van der Waals surface area (Å²) >= 11 is 0. The number of hydrogen-bond acceptors (Lipinski definition) is 3. The third kappa shape index (κ3) is 3.39. The Bertz CT molecular complexity index is 245. The summed E-state index contributed by atoms with van der Waals surface area (Å²) in [6, 6.07) is 0. The van der Waals surface area contributed by atoms with E-state index in [4.69, 9.17) is 10.2 Å². The highest BCUT2D eigenvalue weighted by Gasteiger charge is 2.30. The molecule has 6 heteroatoms. The zero-order chi connectivity index (χ0) is 11.3. The minimum atomic E-state index is -2.80. The lowest BCUT2D eigenvalue weighted by Crippen LogP contribution is -2.30. The number of ether oxygens (including phenoxy) is 1. The molecule has 0 amide bonds. The second kappa shape index (κ2) is 5.66. The molecule has 14 heavy (non-hydrogen) atoms. The van der Waals surface area contributed by atoms with E-state index < -0.39 is 18.4 Å². The zero-order valence-corrected chi connectivity index (χ0v) is 8.24. The van der Waals surface area contributed by atoms with Crippen LogP contribution in [0.15, 0.2) is 11.8 Å². The van der Waals surface area contributed by atoms with Crippen molar-refractivity contribution in [1.82, 2.24) is 0 Å². The van der Waals surface area contributed by atoms with Crippen LogP contribution in [0.4, 0.5) is 8.78 Å². The number of aliphatic hydroxyl groups excluding tert-OH is 1. The molecule has 0 rings (SSSR count). The van der Waals surface area contributed by atoms with E-state index in [2.05, 4.69) is 4.74 Å². The number of hydrogen-bond donors (Lipinski definition) is 2. The highest BCUT2D eigenvalue weighted by molar-refractivity contribution is 5.99. The summed E-state index contributed by atoms with van der Waals surface area (Å²) in [6.07, 6.45) is -3.90. The van der Waals surface area contributed by atoms with Crippen LogP contribution in [0.1, 0.15) is 0 Å². The van der Waals surface area contributed by atoms with Gasteiger partial charge in [0, 0.05) is 0 Å². The van der Waals surface area contributed by atoms with Gasteiger partial charge >= 0.3 is 6.43 Å². The van der Waals surface area contributed by atoms with Crippen LogP contribution in [0.25, 0.3) is 0 Å². The Morgan fingerprint density at radius 3 is 2.07 bits per heavy atom. The summed E-state index contributed by atoms with van der Waals surface area (Å²) in [5.74, 6) is 0. The van der Waals surface area contributed by atoms with Gasteiger partial charge < -0.3 is 14.9 Å². The third-order valence-corrected chi connectivity index (χ3v) is 1.51. The van der Waals surface area contributed by atoms with Gasteiger partial charge in [0.15, 0.2) is 6.29 Å². The first kappa shape index (κ1) is 13.0. The molecule has 4 nitrogen and oxygen atoms in total. The van der Waals surface area contributed by atoms with Gasteiger partial charge in [0.05, 0.1) is 13.4 Å². The molecule has 2 N–H and O–H groups in total. The number of rotatable bonds is 4. The number of methoxy groups -OCH3 is 1. The van der Waals surface area contributed by atoms with Gasteiger partial charge in [-0.1, -0.05) is 0 Å². The molecule has 0 aromatic carbocycles. The Morgan fingerprint density at radius 1 is 1.36 bits per heavy atom. The van der Waals surface area contributed by atoms with Crippen LogP contribution in [0.5, 0.6) is 0 Å². The molecular formula is C8H14F2NO3+.